The molecule has 0 spiro atoms. The third-order valence-electron chi connectivity index (χ3n) is 5.04. The van der Waals surface area contributed by atoms with E-state index in [-0.39, 0.29) is 5.56 Å². The zero-order chi connectivity index (χ0) is 18.6. The van der Waals surface area contributed by atoms with Gasteiger partial charge in [0.25, 0.3) is 5.56 Å². The molecule has 7 heteroatoms. The highest BCUT2D eigenvalue weighted by Gasteiger charge is 2.15. The highest BCUT2D eigenvalue weighted by Crippen LogP contribution is 2.35. The van der Waals surface area contributed by atoms with Gasteiger partial charge in [-0.05, 0) is 36.6 Å². The number of nitrogens with zero attached hydrogens (tertiary/aromatic N) is 5. The summed E-state index contributed by atoms with van der Waals surface area (Å²) in [5.41, 5.74) is 11.8. The van der Waals surface area contributed by atoms with Crippen LogP contribution in [0.4, 0.5) is 11.4 Å². The van der Waals surface area contributed by atoms with Crippen LogP contribution in [0.3, 0.4) is 0 Å². The van der Waals surface area contributed by atoms with E-state index in [2.05, 4.69) is 25.1 Å². The van der Waals surface area contributed by atoms with Gasteiger partial charge in [-0.15, -0.1) is 0 Å². The van der Waals surface area contributed by atoms with Gasteiger partial charge in [0.1, 0.15) is 0 Å². The molecule has 0 unspecified atom stereocenters. The van der Waals surface area contributed by atoms with Crippen molar-refractivity contribution in [2.24, 2.45) is 5.11 Å². The van der Waals surface area contributed by atoms with Crippen LogP contribution in [0.1, 0.15) is 25.7 Å². The maximum atomic E-state index is 12.0. The van der Waals surface area contributed by atoms with Crippen LogP contribution in [0, 0.1) is 0 Å². The highest BCUT2D eigenvalue weighted by molar-refractivity contribution is 5.94. The standard InChI is InChI=1S/C20H20N6O/c21-25-22-17-13-14(9-10-18(17)26-11-5-1-2-6-12-26)19-15-7-3-4-8-16(15)20(27)24-23-19/h3-4,7-10,13H,1-2,5-6,11-12H2,(H,24,27). The Bertz CT molecular complexity index is 1080. The summed E-state index contributed by atoms with van der Waals surface area (Å²) in [6.07, 6.45) is 4.75. The lowest BCUT2D eigenvalue weighted by Gasteiger charge is -2.24. The molecule has 3 aromatic rings. The Morgan fingerprint density at radius 3 is 2.52 bits per heavy atom. The lowest BCUT2D eigenvalue weighted by molar-refractivity contribution is 0.726. The highest BCUT2D eigenvalue weighted by atomic mass is 16.1. The first-order valence-corrected chi connectivity index (χ1v) is 9.20. The van der Waals surface area contributed by atoms with E-state index in [4.69, 9.17) is 5.53 Å². The number of azide groups is 1. The molecule has 1 aromatic heterocycles. The number of benzene rings is 2. The number of aromatic amines is 1. The minimum atomic E-state index is -0.217. The molecule has 0 atom stereocenters. The van der Waals surface area contributed by atoms with Gasteiger partial charge in [-0.25, -0.2) is 5.10 Å². The van der Waals surface area contributed by atoms with E-state index in [1.165, 1.54) is 12.8 Å². The fraction of sp³-hybridized carbons (Fsp3) is 0.300. The first-order chi connectivity index (χ1) is 13.3. The van der Waals surface area contributed by atoms with Crippen molar-refractivity contribution in [3.63, 3.8) is 0 Å². The Morgan fingerprint density at radius 1 is 1.04 bits per heavy atom. The topological polar surface area (TPSA) is 97.7 Å². The van der Waals surface area contributed by atoms with Gasteiger partial charge in [-0.3, -0.25) is 4.79 Å². The molecule has 0 saturated carbocycles. The first kappa shape index (κ1) is 17.1. The molecule has 1 aliphatic heterocycles. The van der Waals surface area contributed by atoms with Crippen LogP contribution in [0.25, 0.3) is 32.5 Å². The predicted octanol–water partition coefficient (Wildman–Crippen LogP) is 4.91. The minimum Gasteiger partial charge on any atom is -0.371 e. The molecule has 4 rings (SSSR count). The number of anilines is 1. The number of aromatic nitrogens is 2. The molecule has 7 nitrogen and oxygen atoms in total. The number of fused-ring (bicyclic) bond motifs is 1. The zero-order valence-corrected chi connectivity index (χ0v) is 14.9. The van der Waals surface area contributed by atoms with Crippen molar-refractivity contribution in [1.82, 2.24) is 10.2 Å². The van der Waals surface area contributed by atoms with Gasteiger partial charge in [0.2, 0.25) is 0 Å². The van der Waals surface area contributed by atoms with Gasteiger partial charge >= 0.3 is 0 Å². The monoisotopic (exact) mass is 360 g/mol. The summed E-state index contributed by atoms with van der Waals surface area (Å²) in [6.45, 7) is 1.93. The third kappa shape index (κ3) is 3.37. The Kier molecular flexibility index (Phi) is 4.77. The number of H-pyrrole nitrogens is 1. The van der Waals surface area contributed by atoms with Gasteiger partial charge in [0.15, 0.2) is 0 Å². The Hall–Kier alpha value is -3.31. The van der Waals surface area contributed by atoms with Gasteiger partial charge < -0.3 is 4.90 Å². The van der Waals surface area contributed by atoms with Gasteiger partial charge in [-0.2, -0.15) is 5.10 Å². The van der Waals surface area contributed by atoms with E-state index < -0.39 is 0 Å². The molecule has 136 valence electrons. The quantitative estimate of drug-likeness (QED) is 0.408. The largest absolute Gasteiger partial charge is 0.371 e. The van der Waals surface area contributed by atoms with E-state index in [0.29, 0.717) is 16.8 Å². The van der Waals surface area contributed by atoms with E-state index in [0.717, 1.165) is 42.6 Å². The molecule has 0 radical (unpaired) electrons. The molecule has 1 aliphatic rings. The molecule has 1 saturated heterocycles. The van der Waals surface area contributed by atoms with Crippen LogP contribution in [0.15, 0.2) is 52.4 Å². The van der Waals surface area contributed by atoms with E-state index in [1.54, 1.807) is 6.07 Å². The summed E-state index contributed by atoms with van der Waals surface area (Å²) in [7, 11) is 0. The first-order valence-electron chi connectivity index (χ1n) is 9.20. The number of hydrogen-bond acceptors (Lipinski definition) is 4. The fourth-order valence-corrected chi connectivity index (χ4v) is 3.71. The second-order valence-electron chi connectivity index (χ2n) is 6.74. The molecule has 0 aliphatic carbocycles. The van der Waals surface area contributed by atoms with Gasteiger partial charge in [-0.1, -0.05) is 42.2 Å². The smallest absolute Gasteiger partial charge is 0.272 e. The summed E-state index contributed by atoms with van der Waals surface area (Å²) in [5.74, 6) is 0. The van der Waals surface area contributed by atoms with Crippen LogP contribution >= 0.6 is 0 Å². The second-order valence-corrected chi connectivity index (χ2v) is 6.74. The van der Waals surface area contributed by atoms with Crippen molar-refractivity contribution in [2.75, 3.05) is 18.0 Å². The molecular formula is C20H20N6O. The van der Waals surface area contributed by atoms with Gasteiger partial charge in [0, 0.05) is 34.6 Å². The molecular weight excluding hydrogens is 340 g/mol. The Morgan fingerprint density at radius 2 is 1.78 bits per heavy atom. The van der Waals surface area contributed by atoms with Crippen molar-refractivity contribution in [3.8, 4) is 11.3 Å². The van der Waals surface area contributed by atoms with E-state index in [1.807, 2.05) is 36.4 Å². The van der Waals surface area contributed by atoms with Crippen molar-refractivity contribution in [2.45, 2.75) is 25.7 Å². The summed E-state index contributed by atoms with van der Waals surface area (Å²) in [4.78, 5) is 17.3. The molecule has 27 heavy (non-hydrogen) atoms. The molecule has 2 aromatic carbocycles. The van der Waals surface area contributed by atoms with Crippen LogP contribution < -0.4 is 10.5 Å². The molecule has 0 bridgehead atoms. The summed E-state index contributed by atoms with van der Waals surface area (Å²) < 4.78 is 0. The zero-order valence-electron chi connectivity index (χ0n) is 14.9. The summed E-state index contributed by atoms with van der Waals surface area (Å²) in [6, 6.07) is 13.2. The van der Waals surface area contributed by atoms with Crippen LogP contribution in [0.5, 0.6) is 0 Å². The normalized spacial score (nSPS) is 14.6. The summed E-state index contributed by atoms with van der Waals surface area (Å²) in [5, 5.41) is 12.1. The average molecular weight is 360 g/mol. The number of rotatable bonds is 3. The Labute approximate surface area is 156 Å². The Balaban J connectivity index is 1.84. The van der Waals surface area contributed by atoms with Crippen LogP contribution in [-0.2, 0) is 0 Å². The lowest BCUT2D eigenvalue weighted by atomic mass is 10.0. The maximum absolute atomic E-state index is 12.0. The van der Waals surface area contributed by atoms with Crippen molar-refractivity contribution < 1.29 is 0 Å². The predicted molar refractivity (Wildman–Crippen MR) is 107 cm³/mol. The maximum Gasteiger partial charge on any atom is 0.272 e. The van der Waals surface area contributed by atoms with Crippen LogP contribution in [0.2, 0.25) is 0 Å². The van der Waals surface area contributed by atoms with Crippen molar-refractivity contribution >= 4 is 22.1 Å². The summed E-state index contributed by atoms with van der Waals surface area (Å²) >= 11 is 0. The lowest BCUT2D eigenvalue weighted by Crippen LogP contribution is -2.23. The molecule has 1 N–H and O–H groups in total. The van der Waals surface area contributed by atoms with E-state index >= 15 is 0 Å². The molecule has 1 fully saturated rings. The van der Waals surface area contributed by atoms with Crippen LogP contribution in [-0.4, -0.2) is 23.3 Å². The molecule has 0 amide bonds. The number of hydrogen-bond donors (Lipinski definition) is 1. The molecule has 2 heterocycles. The van der Waals surface area contributed by atoms with E-state index in [9.17, 15) is 4.79 Å². The fourth-order valence-electron chi connectivity index (χ4n) is 3.71. The SMILES string of the molecule is [N-]=[N+]=Nc1cc(-c2n[nH]c(=O)c3ccccc23)ccc1N1CCCCCC1. The minimum absolute atomic E-state index is 0.217. The number of nitrogens with one attached hydrogen (secondary N) is 1. The second kappa shape index (κ2) is 7.51. The van der Waals surface area contributed by atoms with Crippen molar-refractivity contribution in [1.29, 1.82) is 0 Å². The van der Waals surface area contributed by atoms with Crippen molar-refractivity contribution in [3.05, 3.63) is 63.3 Å². The third-order valence-corrected chi connectivity index (χ3v) is 5.04. The van der Waals surface area contributed by atoms with Gasteiger partial charge in [0.05, 0.1) is 16.8 Å². The average Bonchev–Trinajstić information content (AvgIpc) is 2.98.